The number of nitrogens with two attached hydrogens (primary N) is 2. The predicted molar refractivity (Wildman–Crippen MR) is 114 cm³/mol. The SMILES string of the molecule is NC(=O)CC[C@H](N)C(=O)N1CC=CC1OP(=O)(Oc1ccccc1)Oc1ccccc1. The lowest BCUT2D eigenvalue weighted by Gasteiger charge is -2.29. The Morgan fingerprint density at radius 2 is 1.58 bits per heavy atom. The van der Waals surface area contributed by atoms with E-state index in [1.165, 1.54) is 4.90 Å². The van der Waals surface area contributed by atoms with Crippen LogP contribution in [0.4, 0.5) is 0 Å². The molecule has 0 saturated carbocycles. The number of amides is 2. The maximum atomic E-state index is 13.5. The van der Waals surface area contributed by atoms with Crippen LogP contribution in [0.5, 0.6) is 11.5 Å². The summed E-state index contributed by atoms with van der Waals surface area (Å²) in [5.41, 5.74) is 11.0. The van der Waals surface area contributed by atoms with Gasteiger partial charge in [-0.05, 0) is 36.8 Å². The first-order chi connectivity index (χ1) is 14.9. The first-order valence-electron chi connectivity index (χ1n) is 9.65. The highest BCUT2D eigenvalue weighted by Gasteiger charge is 2.39. The van der Waals surface area contributed by atoms with E-state index in [0.717, 1.165) is 0 Å². The van der Waals surface area contributed by atoms with Crippen LogP contribution in [-0.2, 0) is 18.7 Å². The molecule has 9 nitrogen and oxygen atoms in total. The minimum Gasteiger partial charge on any atom is -0.395 e. The molecule has 2 aromatic rings. The van der Waals surface area contributed by atoms with Crippen molar-refractivity contribution in [1.29, 1.82) is 0 Å². The highest BCUT2D eigenvalue weighted by molar-refractivity contribution is 7.49. The Balaban J connectivity index is 1.77. The molecule has 0 radical (unpaired) electrons. The van der Waals surface area contributed by atoms with Crippen molar-refractivity contribution >= 4 is 19.6 Å². The standard InChI is InChI=1S/C21H24N3O6P/c22-18(13-14-19(23)25)21(26)24-15-7-12-20(24)30-31(27,28-16-8-3-1-4-9-16)29-17-10-5-2-6-11-17/h1-12,18,20H,13-15,22H2,(H2,23,25)/t18-,20?/m0/s1. The molecule has 0 spiro atoms. The molecule has 0 saturated heterocycles. The molecule has 1 aliphatic rings. The van der Waals surface area contributed by atoms with Crippen LogP contribution < -0.4 is 20.5 Å². The number of carbonyl (C=O) groups excluding carboxylic acids is 2. The monoisotopic (exact) mass is 445 g/mol. The van der Waals surface area contributed by atoms with Crippen molar-refractivity contribution in [3.05, 3.63) is 72.8 Å². The molecule has 3 rings (SSSR count). The number of nitrogens with zero attached hydrogens (tertiary/aromatic N) is 1. The largest absolute Gasteiger partial charge is 0.589 e. The van der Waals surface area contributed by atoms with Crippen molar-refractivity contribution in [3.63, 3.8) is 0 Å². The molecule has 2 aromatic carbocycles. The smallest absolute Gasteiger partial charge is 0.395 e. The Hall–Kier alpha value is -3.13. The summed E-state index contributed by atoms with van der Waals surface area (Å²) in [6.45, 7) is 0.199. The lowest BCUT2D eigenvalue weighted by molar-refractivity contribution is -0.137. The van der Waals surface area contributed by atoms with E-state index in [2.05, 4.69) is 0 Å². The summed E-state index contributed by atoms with van der Waals surface area (Å²) in [6, 6.07) is 15.9. The number of benzene rings is 2. The summed E-state index contributed by atoms with van der Waals surface area (Å²) < 4.78 is 30.4. The number of phosphoric acid groups is 1. The van der Waals surface area contributed by atoms with E-state index >= 15 is 0 Å². The second-order valence-corrected chi connectivity index (χ2v) is 8.25. The zero-order chi connectivity index (χ0) is 22.3. The summed E-state index contributed by atoms with van der Waals surface area (Å²) in [7, 11) is -4.21. The molecule has 10 heteroatoms. The van der Waals surface area contributed by atoms with Crippen LogP contribution in [0.1, 0.15) is 12.8 Å². The number of hydrogen-bond acceptors (Lipinski definition) is 7. The van der Waals surface area contributed by atoms with E-state index < -0.39 is 31.9 Å². The molecule has 0 aromatic heterocycles. The Labute approximate surface area is 180 Å². The fraction of sp³-hybridized carbons (Fsp3) is 0.238. The molecule has 164 valence electrons. The molecule has 1 heterocycles. The lowest BCUT2D eigenvalue weighted by atomic mass is 10.1. The van der Waals surface area contributed by atoms with Crippen LogP contribution in [0.25, 0.3) is 0 Å². The molecule has 0 fully saturated rings. The lowest BCUT2D eigenvalue weighted by Crippen LogP contribution is -2.47. The van der Waals surface area contributed by atoms with Gasteiger partial charge in [0.2, 0.25) is 11.8 Å². The van der Waals surface area contributed by atoms with E-state index in [1.54, 1.807) is 72.8 Å². The maximum Gasteiger partial charge on any atom is 0.589 e. The van der Waals surface area contributed by atoms with Gasteiger partial charge in [-0.15, -0.1) is 0 Å². The Bertz CT molecular complexity index is 924. The Morgan fingerprint density at radius 3 is 2.10 bits per heavy atom. The quantitative estimate of drug-likeness (QED) is 0.424. The van der Waals surface area contributed by atoms with Gasteiger partial charge in [-0.2, -0.15) is 0 Å². The first-order valence-corrected chi connectivity index (χ1v) is 11.1. The average Bonchev–Trinajstić information content (AvgIpc) is 3.20. The van der Waals surface area contributed by atoms with Gasteiger partial charge < -0.3 is 25.4 Å². The number of hydrogen-bond donors (Lipinski definition) is 2. The Morgan fingerprint density at radius 1 is 1.03 bits per heavy atom. The normalized spacial score (nSPS) is 16.7. The zero-order valence-corrected chi connectivity index (χ0v) is 17.6. The van der Waals surface area contributed by atoms with Crippen molar-refractivity contribution < 1.29 is 27.7 Å². The van der Waals surface area contributed by atoms with Gasteiger partial charge in [0.1, 0.15) is 11.5 Å². The van der Waals surface area contributed by atoms with E-state index in [0.29, 0.717) is 0 Å². The van der Waals surface area contributed by atoms with Crippen LogP contribution in [-0.4, -0.2) is 35.5 Å². The van der Waals surface area contributed by atoms with Crippen LogP contribution in [0.3, 0.4) is 0 Å². The molecular weight excluding hydrogens is 421 g/mol. The van der Waals surface area contributed by atoms with E-state index in [9.17, 15) is 14.2 Å². The highest BCUT2D eigenvalue weighted by Crippen LogP contribution is 2.51. The first kappa shape index (κ1) is 22.6. The summed E-state index contributed by atoms with van der Waals surface area (Å²) >= 11 is 0. The van der Waals surface area contributed by atoms with Gasteiger partial charge in [-0.1, -0.05) is 42.5 Å². The summed E-state index contributed by atoms with van der Waals surface area (Å²) in [4.78, 5) is 25.0. The summed E-state index contributed by atoms with van der Waals surface area (Å²) in [6.07, 6.45) is 2.29. The molecule has 1 aliphatic heterocycles. The van der Waals surface area contributed by atoms with Gasteiger partial charge in [0.15, 0.2) is 6.23 Å². The molecule has 4 N–H and O–H groups in total. The molecule has 0 aliphatic carbocycles. The Kier molecular flexibility index (Phi) is 7.46. The van der Waals surface area contributed by atoms with Crippen LogP contribution in [0, 0.1) is 0 Å². The predicted octanol–water partition coefficient (Wildman–Crippen LogP) is 2.59. The number of phosphoric ester groups is 1. The van der Waals surface area contributed by atoms with Crippen molar-refractivity contribution in [2.45, 2.75) is 25.1 Å². The molecule has 2 amide bonds. The number of para-hydroxylation sites is 2. The number of carbonyl (C=O) groups is 2. The van der Waals surface area contributed by atoms with Crippen LogP contribution >= 0.6 is 7.82 Å². The minimum atomic E-state index is -4.21. The van der Waals surface area contributed by atoms with Gasteiger partial charge in [0.05, 0.1) is 6.04 Å². The van der Waals surface area contributed by atoms with E-state index in [-0.39, 0.29) is 30.9 Å². The molecular formula is C21H24N3O6P. The summed E-state index contributed by atoms with van der Waals surface area (Å²) in [5, 5.41) is 0. The maximum absolute atomic E-state index is 13.5. The van der Waals surface area contributed by atoms with Crippen molar-refractivity contribution in [1.82, 2.24) is 4.90 Å². The van der Waals surface area contributed by atoms with E-state index in [4.69, 9.17) is 25.0 Å². The third kappa shape index (κ3) is 6.42. The number of primary amides is 1. The molecule has 31 heavy (non-hydrogen) atoms. The van der Waals surface area contributed by atoms with Gasteiger partial charge in [-0.25, -0.2) is 9.09 Å². The van der Waals surface area contributed by atoms with Crippen LogP contribution in [0.15, 0.2) is 72.8 Å². The van der Waals surface area contributed by atoms with Gasteiger partial charge in [-0.3, -0.25) is 9.59 Å². The second-order valence-electron chi connectivity index (χ2n) is 6.78. The fourth-order valence-electron chi connectivity index (χ4n) is 2.86. The minimum absolute atomic E-state index is 0.0214. The van der Waals surface area contributed by atoms with Crippen LogP contribution in [0.2, 0.25) is 0 Å². The average molecular weight is 445 g/mol. The van der Waals surface area contributed by atoms with Crippen molar-refractivity contribution in [2.24, 2.45) is 11.5 Å². The van der Waals surface area contributed by atoms with Crippen molar-refractivity contribution in [2.75, 3.05) is 6.54 Å². The third-order valence-electron chi connectivity index (χ3n) is 4.37. The molecule has 0 bridgehead atoms. The molecule has 1 unspecified atom stereocenters. The zero-order valence-electron chi connectivity index (χ0n) is 16.7. The van der Waals surface area contributed by atoms with E-state index in [1.807, 2.05) is 0 Å². The van der Waals surface area contributed by atoms with Gasteiger partial charge >= 0.3 is 7.82 Å². The second kappa shape index (κ2) is 10.3. The highest BCUT2D eigenvalue weighted by atomic mass is 31.2. The third-order valence-corrected chi connectivity index (χ3v) is 5.71. The number of rotatable bonds is 10. The summed E-state index contributed by atoms with van der Waals surface area (Å²) in [5.74, 6) is -0.464. The molecule has 2 atom stereocenters. The topological polar surface area (TPSA) is 134 Å². The van der Waals surface area contributed by atoms with Gasteiger partial charge in [0.25, 0.3) is 0 Å². The van der Waals surface area contributed by atoms with Gasteiger partial charge in [0, 0.05) is 13.0 Å². The fourth-order valence-corrected chi connectivity index (χ4v) is 4.19. The van der Waals surface area contributed by atoms with Crippen molar-refractivity contribution in [3.8, 4) is 11.5 Å².